The summed E-state index contributed by atoms with van der Waals surface area (Å²) in [6.07, 6.45) is 8.35. The highest BCUT2D eigenvalue weighted by Crippen LogP contribution is 2.10. The molecule has 0 radical (unpaired) electrons. The second-order valence-electron chi connectivity index (χ2n) is 3.14. The van der Waals surface area contributed by atoms with Crippen LogP contribution >= 0.6 is 11.3 Å². The summed E-state index contributed by atoms with van der Waals surface area (Å²) in [5.41, 5.74) is 1.23. The van der Waals surface area contributed by atoms with Crippen LogP contribution in [-0.4, -0.2) is 0 Å². The monoisotopic (exact) mass is 212 g/mol. The lowest BCUT2D eigenvalue weighted by Crippen LogP contribution is -1.66. The number of thiophene rings is 1. The first kappa shape index (κ1) is 9.94. The van der Waals surface area contributed by atoms with E-state index in [-0.39, 0.29) is 0 Å². The molecule has 0 saturated heterocycles. The van der Waals surface area contributed by atoms with Gasteiger partial charge in [-0.3, -0.25) is 0 Å². The molecule has 0 aliphatic heterocycles. The lowest BCUT2D eigenvalue weighted by atomic mass is 10.2. The van der Waals surface area contributed by atoms with Crippen molar-refractivity contribution in [2.75, 3.05) is 0 Å². The van der Waals surface area contributed by atoms with Gasteiger partial charge in [0.25, 0.3) is 0 Å². The average molecular weight is 212 g/mol. The van der Waals surface area contributed by atoms with Gasteiger partial charge in [0.15, 0.2) is 0 Å². The summed E-state index contributed by atoms with van der Waals surface area (Å²) in [7, 11) is 0. The van der Waals surface area contributed by atoms with Gasteiger partial charge in [-0.2, -0.15) is 0 Å². The molecule has 15 heavy (non-hydrogen) atoms. The Hall–Kier alpha value is -1.60. The first-order chi connectivity index (χ1) is 7.45. The number of hydrogen-bond donors (Lipinski definition) is 0. The summed E-state index contributed by atoms with van der Waals surface area (Å²) in [5, 5.41) is 2.08. The molecule has 0 aliphatic rings. The van der Waals surface area contributed by atoms with E-state index in [1.807, 2.05) is 18.2 Å². The number of allylic oxidation sites excluding steroid dienone is 2. The average Bonchev–Trinajstić information content (AvgIpc) is 2.79. The molecule has 0 spiro atoms. The second-order valence-corrected chi connectivity index (χ2v) is 4.12. The van der Waals surface area contributed by atoms with E-state index >= 15 is 0 Å². The molecule has 1 aromatic carbocycles. The van der Waals surface area contributed by atoms with Crippen molar-refractivity contribution in [1.82, 2.24) is 0 Å². The van der Waals surface area contributed by atoms with Gasteiger partial charge in [-0.05, 0) is 23.1 Å². The van der Waals surface area contributed by atoms with Gasteiger partial charge in [0.05, 0.1) is 0 Å². The fourth-order valence-electron chi connectivity index (χ4n) is 1.27. The Bertz CT molecular complexity index is 435. The summed E-state index contributed by atoms with van der Waals surface area (Å²) in [6.45, 7) is 0. The standard InChI is InChI=1S/C14H12S/c1-2-7-13(8-3-1)9-4-5-10-14-11-6-12-15-14/h1-12H. The van der Waals surface area contributed by atoms with E-state index in [0.29, 0.717) is 0 Å². The van der Waals surface area contributed by atoms with Crippen LogP contribution in [0.2, 0.25) is 0 Å². The summed E-state index contributed by atoms with van der Waals surface area (Å²) < 4.78 is 0. The maximum Gasteiger partial charge on any atom is 0.0270 e. The molecular formula is C14H12S. The molecule has 2 rings (SSSR count). The molecule has 1 heteroatoms. The zero-order valence-electron chi connectivity index (χ0n) is 8.34. The molecule has 0 nitrogen and oxygen atoms in total. The van der Waals surface area contributed by atoms with E-state index < -0.39 is 0 Å². The fourth-order valence-corrected chi connectivity index (χ4v) is 1.90. The van der Waals surface area contributed by atoms with Crippen LogP contribution in [0.15, 0.2) is 60.0 Å². The van der Waals surface area contributed by atoms with Gasteiger partial charge in [-0.15, -0.1) is 11.3 Å². The Labute approximate surface area is 94.2 Å². The summed E-state index contributed by atoms with van der Waals surface area (Å²) in [4.78, 5) is 1.28. The van der Waals surface area contributed by atoms with E-state index in [1.54, 1.807) is 11.3 Å². The van der Waals surface area contributed by atoms with E-state index in [1.165, 1.54) is 10.4 Å². The van der Waals surface area contributed by atoms with Crippen LogP contribution in [0, 0.1) is 0 Å². The van der Waals surface area contributed by atoms with Gasteiger partial charge in [0.1, 0.15) is 0 Å². The lowest BCUT2D eigenvalue weighted by Gasteiger charge is -1.88. The minimum absolute atomic E-state index is 1.23. The third kappa shape index (κ3) is 3.22. The van der Waals surface area contributed by atoms with Crippen LogP contribution in [0.25, 0.3) is 12.2 Å². The van der Waals surface area contributed by atoms with Crippen molar-refractivity contribution in [2.45, 2.75) is 0 Å². The van der Waals surface area contributed by atoms with Crippen molar-refractivity contribution in [3.05, 3.63) is 70.4 Å². The Morgan fingerprint density at radius 1 is 0.800 bits per heavy atom. The molecule has 1 heterocycles. The van der Waals surface area contributed by atoms with E-state index in [9.17, 15) is 0 Å². The van der Waals surface area contributed by atoms with E-state index in [2.05, 4.69) is 53.9 Å². The Morgan fingerprint density at radius 2 is 1.60 bits per heavy atom. The van der Waals surface area contributed by atoms with Crippen molar-refractivity contribution < 1.29 is 0 Å². The predicted octanol–water partition coefficient (Wildman–Crippen LogP) is 4.47. The maximum atomic E-state index is 2.12. The van der Waals surface area contributed by atoms with Crippen LogP contribution in [0.5, 0.6) is 0 Å². The molecule has 0 aliphatic carbocycles. The molecule has 0 unspecified atom stereocenters. The normalized spacial score (nSPS) is 11.5. The molecular weight excluding hydrogens is 200 g/mol. The van der Waals surface area contributed by atoms with Gasteiger partial charge in [0, 0.05) is 4.88 Å². The van der Waals surface area contributed by atoms with E-state index in [0.717, 1.165) is 0 Å². The van der Waals surface area contributed by atoms with Crippen LogP contribution in [0.3, 0.4) is 0 Å². The van der Waals surface area contributed by atoms with Gasteiger partial charge >= 0.3 is 0 Å². The zero-order chi connectivity index (χ0) is 10.3. The molecule has 0 saturated carbocycles. The van der Waals surface area contributed by atoms with Crippen molar-refractivity contribution in [3.63, 3.8) is 0 Å². The topological polar surface area (TPSA) is 0 Å². The van der Waals surface area contributed by atoms with Gasteiger partial charge in [-0.1, -0.05) is 54.6 Å². The smallest absolute Gasteiger partial charge is 0.0270 e. The molecule has 1 aromatic heterocycles. The van der Waals surface area contributed by atoms with E-state index in [4.69, 9.17) is 0 Å². The predicted molar refractivity (Wildman–Crippen MR) is 68.8 cm³/mol. The van der Waals surface area contributed by atoms with Crippen LogP contribution in [0.4, 0.5) is 0 Å². The maximum absolute atomic E-state index is 2.12. The molecule has 0 bridgehead atoms. The Kier molecular flexibility index (Phi) is 3.53. The molecule has 0 atom stereocenters. The summed E-state index contributed by atoms with van der Waals surface area (Å²) in [6, 6.07) is 14.5. The molecule has 2 aromatic rings. The highest BCUT2D eigenvalue weighted by atomic mass is 32.1. The Morgan fingerprint density at radius 3 is 2.33 bits per heavy atom. The van der Waals surface area contributed by atoms with Crippen molar-refractivity contribution in [1.29, 1.82) is 0 Å². The summed E-state index contributed by atoms with van der Waals surface area (Å²) >= 11 is 1.75. The minimum atomic E-state index is 1.23. The fraction of sp³-hybridized carbons (Fsp3) is 0. The highest BCUT2D eigenvalue weighted by Gasteiger charge is 1.83. The summed E-state index contributed by atoms with van der Waals surface area (Å²) in [5.74, 6) is 0. The molecule has 0 fully saturated rings. The van der Waals surface area contributed by atoms with Crippen LogP contribution in [0.1, 0.15) is 10.4 Å². The number of hydrogen-bond acceptors (Lipinski definition) is 1. The largest absolute Gasteiger partial charge is 0.144 e. The number of benzene rings is 1. The van der Waals surface area contributed by atoms with Crippen molar-refractivity contribution in [2.24, 2.45) is 0 Å². The van der Waals surface area contributed by atoms with Gasteiger partial charge < -0.3 is 0 Å². The molecule has 0 N–H and O–H groups in total. The SMILES string of the molecule is C(C=Cc1cccs1)=Cc1ccccc1. The minimum Gasteiger partial charge on any atom is -0.144 e. The zero-order valence-corrected chi connectivity index (χ0v) is 9.15. The Balaban J connectivity index is 1.96. The number of rotatable bonds is 3. The van der Waals surface area contributed by atoms with Crippen molar-refractivity contribution in [3.8, 4) is 0 Å². The second kappa shape index (κ2) is 5.32. The van der Waals surface area contributed by atoms with Crippen LogP contribution < -0.4 is 0 Å². The third-order valence-electron chi connectivity index (χ3n) is 2.00. The highest BCUT2D eigenvalue weighted by molar-refractivity contribution is 7.10. The third-order valence-corrected chi connectivity index (χ3v) is 2.84. The molecule has 74 valence electrons. The quantitative estimate of drug-likeness (QED) is 0.658. The van der Waals surface area contributed by atoms with Crippen LogP contribution in [-0.2, 0) is 0 Å². The molecule has 0 amide bonds. The first-order valence-electron chi connectivity index (χ1n) is 4.88. The van der Waals surface area contributed by atoms with Gasteiger partial charge in [0.2, 0.25) is 0 Å². The first-order valence-corrected chi connectivity index (χ1v) is 5.76. The lowest BCUT2D eigenvalue weighted by molar-refractivity contribution is 1.66. The van der Waals surface area contributed by atoms with Gasteiger partial charge in [-0.25, -0.2) is 0 Å². The van der Waals surface area contributed by atoms with Crippen molar-refractivity contribution >= 4 is 23.5 Å².